The van der Waals surface area contributed by atoms with Crippen LogP contribution in [0.2, 0.25) is 0 Å². The lowest BCUT2D eigenvalue weighted by Crippen LogP contribution is -2.38. The number of aryl methyl sites for hydroxylation is 2. The van der Waals surface area contributed by atoms with Crippen LogP contribution >= 0.6 is 0 Å². The zero-order valence-electron chi connectivity index (χ0n) is 14.8. The molecule has 1 amide bonds. The lowest BCUT2D eigenvalue weighted by Gasteiger charge is -2.05. The summed E-state index contributed by atoms with van der Waals surface area (Å²) in [6.45, 7) is -0.452. The van der Waals surface area contributed by atoms with Crippen molar-refractivity contribution in [3.63, 3.8) is 0 Å². The second-order valence-electron chi connectivity index (χ2n) is 5.31. The average Bonchev–Trinajstić information content (AvgIpc) is 2.98. The molecule has 0 spiro atoms. The standard InChI is InChI=1S/C12H13N5O3.C3H7F2NO/c1-16-10(2-5-13-16)15-12(20)9-3-6-17(14-8-9)7-4-11(18)19;1-7-2-3(4,5)6/h2-3,5-6,8H,4,7H2,1H3,(H-,13,14,15,18,19,20);2,6H2,1H3/p+1. The summed E-state index contributed by atoms with van der Waals surface area (Å²) in [7, 11) is 2.89. The first kappa shape index (κ1) is 22.1. The Hall–Kier alpha value is -2.99. The van der Waals surface area contributed by atoms with Gasteiger partial charge in [0.2, 0.25) is 0 Å². The number of halogens is 2. The molecule has 0 unspecified atom stereocenters. The molecule has 2 heterocycles. The molecule has 0 saturated carbocycles. The highest BCUT2D eigenvalue weighted by molar-refractivity contribution is 6.03. The van der Waals surface area contributed by atoms with Gasteiger partial charge in [-0.15, -0.1) is 0 Å². The van der Waals surface area contributed by atoms with Gasteiger partial charge in [-0.2, -0.15) is 13.9 Å². The van der Waals surface area contributed by atoms with E-state index in [1.165, 1.54) is 18.0 Å². The molecule has 0 aliphatic rings. The Morgan fingerprint density at radius 3 is 2.56 bits per heavy atom. The van der Waals surface area contributed by atoms with Gasteiger partial charge in [-0.25, -0.2) is 0 Å². The summed E-state index contributed by atoms with van der Waals surface area (Å²) in [6.07, 6.45) is 4.53. The van der Waals surface area contributed by atoms with Gasteiger partial charge in [-0.1, -0.05) is 4.68 Å². The van der Waals surface area contributed by atoms with E-state index in [2.05, 4.69) is 26.0 Å². The van der Waals surface area contributed by atoms with Crippen LogP contribution in [0.15, 0.2) is 30.7 Å². The van der Waals surface area contributed by atoms with E-state index >= 15 is 0 Å². The average molecular weight is 387 g/mol. The third-order valence-electron chi connectivity index (χ3n) is 2.99. The molecule has 0 saturated heterocycles. The quantitative estimate of drug-likeness (QED) is 0.450. The molecule has 2 rings (SSSR count). The third kappa shape index (κ3) is 8.78. The zero-order chi connectivity index (χ0) is 20.4. The Kier molecular flexibility index (Phi) is 8.35. The fourth-order valence-corrected chi connectivity index (χ4v) is 1.74. The minimum absolute atomic E-state index is 0.0156. The first-order valence-corrected chi connectivity index (χ1v) is 7.65. The van der Waals surface area contributed by atoms with E-state index in [4.69, 9.17) is 5.11 Å². The SMILES string of the molecule is COCC(N)(F)F.Cn1nccc1NC(=O)c1cc[n+](CCC(=O)O)nc1. The highest BCUT2D eigenvalue weighted by Gasteiger charge is 2.20. The molecular formula is C15H21F2N6O4+. The molecule has 0 aliphatic carbocycles. The molecule has 0 radical (unpaired) electrons. The predicted molar refractivity (Wildman–Crippen MR) is 88.9 cm³/mol. The molecule has 4 N–H and O–H groups in total. The molecule has 12 heteroatoms. The zero-order valence-corrected chi connectivity index (χ0v) is 14.8. The Morgan fingerprint density at radius 2 is 2.15 bits per heavy atom. The smallest absolute Gasteiger partial charge is 0.323 e. The minimum atomic E-state index is -3.17. The monoisotopic (exact) mass is 387 g/mol. The van der Waals surface area contributed by atoms with Crippen molar-refractivity contribution in [1.82, 2.24) is 14.9 Å². The van der Waals surface area contributed by atoms with Crippen molar-refractivity contribution in [2.24, 2.45) is 12.8 Å². The molecule has 10 nitrogen and oxygen atoms in total. The van der Waals surface area contributed by atoms with Crippen molar-refractivity contribution >= 4 is 17.7 Å². The molecular weight excluding hydrogens is 366 g/mol. The van der Waals surface area contributed by atoms with E-state index < -0.39 is 18.6 Å². The molecule has 0 bridgehead atoms. The first-order valence-electron chi connectivity index (χ1n) is 7.65. The van der Waals surface area contributed by atoms with Gasteiger partial charge in [-0.05, 0) is 5.10 Å². The lowest BCUT2D eigenvalue weighted by molar-refractivity contribution is -0.753. The number of methoxy groups -OCH3 is 1. The van der Waals surface area contributed by atoms with Gasteiger partial charge >= 0.3 is 12.0 Å². The highest BCUT2D eigenvalue weighted by atomic mass is 19.3. The van der Waals surface area contributed by atoms with Crippen molar-refractivity contribution in [3.8, 4) is 0 Å². The third-order valence-corrected chi connectivity index (χ3v) is 2.99. The number of carbonyl (C=O) groups excluding carboxylic acids is 1. The van der Waals surface area contributed by atoms with Crippen LogP contribution in [-0.2, 0) is 23.1 Å². The Bertz CT molecular complexity index is 746. The number of carboxylic acid groups (broad SMARTS) is 1. The number of ether oxygens (including phenoxy) is 1. The minimum Gasteiger partial charge on any atom is -0.481 e. The molecule has 2 aromatic rings. The van der Waals surface area contributed by atoms with Crippen LogP contribution in [0.1, 0.15) is 16.8 Å². The number of aromatic nitrogens is 4. The van der Waals surface area contributed by atoms with Crippen LogP contribution in [0.4, 0.5) is 14.6 Å². The van der Waals surface area contributed by atoms with E-state index in [-0.39, 0.29) is 18.9 Å². The second kappa shape index (κ2) is 10.2. The van der Waals surface area contributed by atoms with Crippen LogP contribution in [0.25, 0.3) is 0 Å². The van der Waals surface area contributed by atoms with Gasteiger partial charge in [0.15, 0.2) is 12.7 Å². The number of anilines is 1. The number of carboxylic acids is 1. The number of hydrogen-bond donors (Lipinski definition) is 3. The largest absolute Gasteiger partial charge is 0.481 e. The molecule has 148 valence electrons. The Balaban J connectivity index is 0.000000445. The number of amides is 1. The first-order chi connectivity index (χ1) is 12.6. The fraction of sp³-hybridized carbons (Fsp3) is 0.400. The Labute approximate surface area is 153 Å². The maximum Gasteiger partial charge on any atom is 0.323 e. The van der Waals surface area contributed by atoms with Gasteiger partial charge in [0.1, 0.15) is 25.0 Å². The molecule has 0 aromatic carbocycles. The van der Waals surface area contributed by atoms with Crippen molar-refractivity contribution in [3.05, 3.63) is 36.3 Å². The number of nitrogens with one attached hydrogen (secondary N) is 1. The number of rotatable bonds is 7. The second-order valence-corrected chi connectivity index (χ2v) is 5.31. The van der Waals surface area contributed by atoms with Crippen LogP contribution < -0.4 is 15.7 Å². The summed E-state index contributed by atoms with van der Waals surface area (Å²) in [6, 6.07) is 0.0939. The number of alkyl halides is 2. The van der Waals surface area contributed by atoms with E-state index in [1.807, 2.05) is 0 Å². The van der Waals surface area contributed by atoms with E-state index in [0.717, 1.165) is 0 Å². The maximum absolute atomic E-state index is 11.9. The van der Waals surface area contributed by atoms with E-state index in [9.17, 15) is 18.4 Å². The van der Waals surface area contributed by atoms with Crippen LogP contribution in [0.5, 0.6) is 0 Å². The summed E-state index contributed by atoms with van der Waals surface area (Å²) in [4.78, 5) is 22.4. The normalized spacial score (nSPS) is 10.7. The summed E-state index contributed by atoms with van der Waals surface area (Å²) in [5.74, 6) is -0.610. The van der Waals surface area contributed by atoms with Crippen molar-refractivity contribution < 1.29 is 32.9 Å². The van der Waals surface area contributed by atoms with Crippen molar-refractivity contribution in [2.45, 2.75) is 19.0 Å². The van der Waals surface area contributed by atoms with Gasteiger partial charge in [0.25, 0.3) is 5.91 Å². The number of aliphatic carboxylic acids is 1. The van der Waals surface area contributed by atoms with Crippen molar-refractivity contribution in [1.29, 1.82) is 0 Å². The highest BCUT2D eigenvalue weighted by Crippen LogP contribution is 2.06. The number of nitrogens with two attached hydrogens (primary N) is 1. The van der Waals surface area contributed by atoms with Gasteiger partial charge < -0.3 is 15.2 Å². The fourth-order valence-electron chi connectivity index (χ4n) is 1.74. The van der Waals surface area contributed by atoms with Crippen LogP contribution in [-0.4, -0.2) is 51.6 Å². The van der Waals surface area contributed by atoms with Crippen LogP contribution in [0, 0.1) is 0 Å². The maximum atomic E-state index is 11.9. The molecule has 27 heavy (non-hydrogen) atoms. The topological polar surface area (TPSA) is 136 Å². The lowest BCUT2D eigenvalue weighted by atomic mass is 10.3. The molecule has 0 aliphatic heterocycles. The van der Waals surface area contributed by atoms with Crippen LogP contribution in [0.3, 0.4) is 0 Å². The predicted octanol–water partition coefficient (Wildman–Crippen LogP) is 0.0139. The Morgan fingerprint density at radius 1 is 1.44 bits per heavy atom. The van der Waals surface area contributed by atoms with Gasteiger partial charge in [0.05, 0.1) is 11.8 Å². The van der Waals surface area contributed by atoms with E-state index in [1.54, 1.807) is 36.3 Å². The molecule has 0 fully saturated rings. The summed E-state index contributed by atoms with van der Waals surface area (Å²) in [5.41, 5.74) is 4.57. The number of hydrogen-bond acceptors (Lipinski definition) is 6. The van der Waals surface area contributed by atoms with Gasteiger partial charge in [0, 0.05) is 26.3 Å². The summed E-state index contributed by atoms with van der Waals surface area (Å²) in [5, 5.41) is 19.2. The number of nitrogens with zero attached hydrogens (tertiary/aromatic N) is 4. The van der Waals surface area contributed by atoms with E-state index in [0.29, 0.717) is 11.4 Å². The molecule has 0 atom stereocenters. The number of carbonyl (C=O) groups is 2. The van der Waals surface area contributed by atoms with Crippen molar-refractivity contribution in [2.75, 3.05) is 19.0 Å². The molecule has 2 aromatic heterocycles. The summed E-state index contributed by atoms with van der Waals surface area (Å²) >= 11 is 0. The van der Waals surface area contributed by atoms with Gasteiger partial charge in [-0.3, -0.25) is 20.0 Å². The summed E-state index contributed by atoms with van der Waals surface area (Å²) < 4.78 is 29.8.